The van der Waals surface area contributed by atoms with Crippen molar-refractivity contribution in [1.82, 2.24) is 0 Å². The third-order valence-corrected chi connectivity index (χ3v) is 1.82. The molecule has 0 atom stereocenters. The Hall–Kier alpha value is -0.120. The summed E-state index contributed by atoms with van der Waals surface area (Å²) in [4.78, 5) is 0. The van der Waals surface area contributed by atoms with Crippen molar-refractivity contribution in [2.24, 2.45) is 0 Å². The van der Waals surface area contributed by atoms with E-state index < -0.39 is 0 Å². The molecule has 0 amide bonds. The van der Waals surface area contributed by atoms with Gasteiger partial charge in [0.1, 0.15) is 0 Å². The van der Waals surface area contributed by atoms with Crippen molar-refractivity contribution < 1.29 is 14.2 Å². The minimum absolute atomic E-state index is 0.778. The normalized spacial score (nSPS) is 24.0. The molecule has 0 bridgehead atoms. The summed E-state index contributed by atoms with van der Waals surface area (Å²) in [6, 6.07) is 0. The molecule has 2 fully saturated rings. The lowest BCUT2D eigenvalue weighted by Gasteiger charge is -2.09. The lowest BCUT2D eigenvalue weighted by Crippen LogP contribution is -2.16. The Balaban J connectivity index is 0.000000120. The van der Waals surface area contributed by atoms with Crippen LogP contribution in [-0.4, -0.2) is 39.6 Å². The van der Waals surface area contributed by atoms with Crippen molar-refractivity contribution in [3.05, 3.63) is 0 Å². The largest absolute Gasteiger partial charge is 0.381 e. The van der Waals surface area contributed by atoms with Crippen molar-refractivity contribution in [2.45, 2.75) is 19.3 Å². The van der Waals surface area contributed by atoms with Crippen molar-refractivity contribution in [3.63, 3.8) is 0 Å². The van der Waals surface area contributed by atoms with Gasteiger partial charge in [0.05, 0.1) is 26.4 Å². The van der Waals surface area contributed by atoms with Crippen LogP contribution in [0.1, 0.15) is 19.3 Å². The highest BCUT2D eigenvalue weighted by Gasteiger charge is 1.95. The summed E-state index contributed by atoms with van der Waals surface area (Å²) in [6.45, 7) is 5.11. The second-order valence-electron chi connectivity index (χ2n) is 2.90. The van der Waals surface area contributed by atoms with Crippen LogP contribution in [0.4, 0.5) is 0 Å². The molecule has 0 N–H and O–H groups in total. The van der Waals surface area contributed by atoms with Gasteiger partial charge in [0.25, 0.3) is 0 Å². The van der Waals surface area contributed by atoms with Crippen molar-refractivity contribution in [1.29, 1.82) is 0 Å². The zero-order chi connectivity index (χ0) is 8.49. The highest BCUT2D eigenvalue weighted by atomic mass is 16.6. The molecule has 12 heavy (non-hydrogen) atoms. The van der Waals surface area contributed by atoms with Crippen LogP contribution in [-0.2, 0) is 14.2 Å². The maximum absolute atomic E-state index is 5.07. The summed E-state index contributed by atoms with van der Waals surface area (Å²) in [7, 11) is 0. The number of rotatable bonds is 0. The first kappa shape index (κ1) is 9.96. The molecule has 0 saturated carbocycles. The molecule has 2 aliphatic heterocycles. The fourth-order valence-electron chi connectivity index (χ4n) is 1.13. The second kappa shape index (κ2) is 7.53. The van der Waals surface area contributed by atoms with E-state index in [1.54, 1.807) is 0 Å². The Morgan fingerprint density at radius 3 is 1.00 bits per heavy atom. The van der Waals surface area contributed by atoms with E-state index in [4.69, 9.17) is 14.2 Å². The van der Waals surface area contributed by atoms with Crippen LogP contribution in [0, 0.1) is 0 Å². The van der Waals surface area contributed by atoms with Gasteiger partial charge in [0, 0.05) is 13.2 Å². The Labute approximate surface area is 74.0 Å². The molecule has 0 aromatic heterocycles. The van der Waals surface area contributed by atoms with Gasteiger partial charge in [0.15, 0.2) is 0 Å². The monoisotopic (exact) mass is 174 g/mol. The Morgan fingerprint density at radius 2 is 0.833 bits per heavy atom. The molecule has 3 nitrogen and oxygen atoms in total. The van der Waals surface area contributed by atoms with Gasteiger partial charge in [-0.25, -0.2) is 0 Å². The van der Waals surface area contributed by atoms with Crippen LogP contribution >= 0.6 is 0 Å². The van der Waals surface area contributed by atoms with E-state index in [-0.39, 0.29) is 0 Å². The van der Waals surface area contributed by atoms with Gasteiger partial charge < -0.3 is 14.2 Å². The number of hydrogen-bond acceptors (Lipinski definition) is 3. The first-order valence-electron chi connectivity index (χ1n) is 4.73. The SMILES string of the molecule is C1CCOCC1.C1COCCO1. The minimum atomic E-state index is 0.778. The average Bonchev–Trinajstić information content (AvgIpc) is 2.24. The molecule has 0 radical (unpaired) electrons. The maximum Gasteiger partial charge on any atom is 0.0701 e. The molecule has 2 rings (SSSR count). The molecule has 0 spiro atoms. The predicted octanol–water partition coefficient (Wildman–Crippen LogP) is 1.22. The number of hydrogen-bond donors (Lipinski definition) is 0. The fourth-order valence-corrected chi connectivity index (χ4v) is 1.13. The average molecular weight is 174 g/mol. The van der Waals surface area contributed by atoms with E-state index in [0.717, 1.165) is 39.6 Å². The van der Waals surface area contributed by atoms with Crippen LogP contribution in [0.5, 0.6) is 0 Å². The summed E-state index contributed by atoms with van der Waals surface area (Å²) in [6.07, 6.45) is 3.93. The van der Waals surface area contributed by atoms with Crippen LogP contribution in [0.25, 0.3) is 0 Å². The predicted molar refractivity (Wildman–Crippen MR) is 46.3 cm³/mol. The van der Waals surface area contributed by atoms with Crippen molar-refractivity contribution >= 4 is 0 Å². The summed E-state index contributed by atoms with van der Waals surface area (Å²) in [5.74, 6) is 0. The van der Waals surface area contributed by atoms with E-state index in [0.29, 0.717) is 0 Å². The molecule has 2 saturated heterocycles. The summed E-state index contributed by atoms with van der Waals surface area (Å²) in [5, 5.41) is 0. The van der Waals surface area contributed by atoms with Gasteiger partial charge in [0.2, 0.25) is 0 Å². The van der Waals surface area contributed by atoms with E-state index in [1.165, 1.54) is 19.3 Å². The molecule has 72 valence electrons. The van der Waals surface area contributed by atoms with Crippen molar-refractivity contribution in [3.8, 4) is 0 Å². The molecule has 3 heteroatoms. The van der Waals surface area contributed by atoms with Crippen molar-refractivity contribution in [2.75, 3.05) is 39.6 Å². The molecule has 0 aliphatic carbocycles. The van der Waals surface area contributed by atoms with E-state index >= 15 is 0 Å². The molecule has 2 heterocycles. The van der Waals surface area contributed by atoms with Gasteiger partial charge in [-0.15, -0.1) is 0 Å². The zero-order valence-electron chi connectivity index (χ0n) is 7.59. The Kier molecular flexibility index (Phi) is 6.25. The Bertz CT molecular complexity index is 52.8. The van der Waals surface area contributed by atoms with Crippen LogP contribution in [0.3, 0.4) is 0 Å². The summed E-state index contributed by atoms with van der Waals surface area (Å²) >= 11 is 0. The molecule has 0 unspecified atom stereocenters. The van der Waals surface area contributed by atoms with Gasteiger partial charge >= 0.3 is 0 Å². The lowest BCUT2D eigenvalue weighted by atomic mass is 10.2. The summed E-state index contributed by atoms with van der Waals surface area (Å²) < 4.78 is 15.0. The van der Waals surface area contributed by atoms with Gasteiger partial charge in [-0.2, -0.15) is 0 Å². The molecular weight excluding hydrogens is 156 g/mol. The fraction of sp³-hybridized carbons (Fsp3) is 1.00. The first-order valence-corrected chi connectivity index (χ1v) is 4.73. The van der Waals surface area contributed by atoms with E-state index in [9.17, 15) is 0 Å². The van der Waals surface area contributed by atoms with Crippen LogP contribution in [0.15, 0.2) is 0 Å². The second-order valence-corrected chi connectivity index (χ2v) is 2.90. The first-order chi connectivity index (χ1) is 6.00. The molecular formula is C9H18O3. The minimum Gasteiger partial charge on any atom is -0.381 e. The smallest absolute Gasteiger partial charge is 0.0701 e. The van der Waals surface area contributed by atoms with Gasteiger partial charge in [-0.05, 0) is 19.3 Å². The number of ether oxygens (including phenoxy) is 3. The zero-order valence-corrected chi connectivity index (χ0v) is 7.59. The maximum atomic E-state index is 5.07. The third kappa shape index (κ3) is 5.52. The summed E-state index contributed by atoms with van der Waals surface area (Å²) in [5.41, 5.74) is 0. The van der Waals surface area contributed by atoms with E-state index in [2.05, 4.69) is 0 Å². The third-order valence-electron chi connectivity index (χ3n) is 1.82. The van der Waals surface area contributed by atoms with E-state index in [1.807, 2.05) is 0 Å². The van der Waals surface area contributed by atoms with Gasteiger partial charge in [-0.1, -0.05) is 0 Å². The topological polar surface area (TPSA) is 27.7 Å². The van der Waals surface area contributed by atoms with Gasteiger partial charge in [-0.3, -0.25) is 0 Å². The van der Waals surface area contributed by atoms with Crippen LogP contribution < -0.4 is 0 Å². The Morgan fingerprint density at radius 1 is 0.417 bits per heavy atom. The quantitative estimate of drug-likeness (QED) is 0.552. The molecule has 0 aromatic rings. The highest BCUT2D eigenvalue weighted by Crippen LogP contribution is 2.02. The lowest BCUT2D eigenvalue weighted by molar-refractivity contribution is -0.0334. The standard InChI is InChI=1S/C5H10O.C4H8O2/c1-2-4-6-5-3-1;1-2-6-4-3-5-1/h1-5H2;1-4H2. The highest BCUT2D eigenvalue weighted by molar-refractivity contribution is 4.45. The molecule has 2 aliphatic rings. The van der Waals surface area contributed by atoms with Crippen LogP contribution in [0.2, 0.25) is 0 Å². The molecule has 0 aromatic carbocycles.